The van der Waals surface area contributed by atoms with Crippen LogP contribution >= 0.6 is 0 Å². The molecule has 0 bridgehead atoms. The van der Waals surface area contributed by atoms with Gasteiger partial charge in [-0.15, -0.1) is 0 Å². The highest BCUT2D eigenvalue weighted by molar-refractivity contribution is 5.78. The van der Waals surface area contributed by atoms with Crippen LogP contribution in [0.5, 0.6) is 5.75 Å². The van der Waals surface area contributed by atoms with Crippen molar-refractivity contribution in [1.82, 2.24) is 5.32 Å². The molecule has 0 aliphatic heterocycles. The molecular weight excluding hydrogens is 270 g/mol. The van der Waals surface area contributed by atoms with Crippen LogP contribution in [0.3, 0.4) is 0 Å². The molecule has 0 spiro atoms. The van der Waals surface area contributed by atoms with Gasteiger partial charge in [-0.25, -0.2) is 0 Å². The lowest BCUT2D eigenvalue weighted by Crippen LogP contribution is -2.30. The fraction of sp³-hybridized carbons (Fsp3) is 0.500. The van der Waals surface area contributed by atoms with Crippen LogP contribution < -0.4 is 10.1 Å². The first-order valence-corrected chi connectivity index (χ1v) is 7.11. The summed E-state index contributed by atoms with van der Waals surface area (Å²) in [6.07, 6.45) is 0.401. The van der Waals surface area contributed by atoms with E-state index in [1.54, 1.807) is 6.92 Å². The average molecular weight is 293 g/mol. The number of carbonyl (C=O) groups excluding carboxylic acids is 1. The fourth-order valence-electron chi connectivity index (χ4n) is 1.91. The molecule has 2 N–H and O–H groups in total. The average Bonchev–Trinajstić information content (AvgIpc) is 2.35. The van der Waals surface area contributed by atoms with E-state index in [1.807, 2.05) is 38.1 Å². The van der Waals surface area contributed by atoms with Crippen molar-refractivity contribution in [1.29, 1.82) is 0 Å². The monoisotopic (exact) mass is 293 g/mol. The summed E-state index contributed by atoms with van der Waals surface area (Å²) in [6, 6.07) is 7.43. The molecule has 1 atom stereocenters. The van der Waals surface area contributed by atoms with E-state index in [4.69, 9.17) is 9.84 Å². The molecule has 5 nitrogen and oxygen atoms in total. The van der Waals surface area contributed by atoms with E-state index in [2.05, 4.69) is 5.32 Å². The Morgan fingerprint density at radius 1 is 1.29 bits per heavy atom. The summed E-state index contributed by atoms with van der Waals surface area (Å²) in [5.41, 5.74) is 0.872. The van der Waals surface area contributed by atoms with Gasteiger partial charge in [0.15, 0.2) is 0 Å². The topological polar surface area (TPSA) is 75.6 Å². The van der Waals surface area contributed by atoms with Crippen molar-refractivity contribution in [2.45, 2.75) is 39.7 Å². The van der Waals surface area contributed by atoms with Crippen LogP contribution in [0.2, 0.25) is 0 Å². The van der Waals surface area contributed by atoms with Gasteiger partial charge in [-0.2, -0.15) is 0 Å². The number of carboxylic acids is 1. The lowest BCUT2D eigenvalue weighted by atomic mass is 10.1. The Morgan fingerprint density at radius 3 is 2.62 bits per heavy atom. The predicted molar refractivity (Wildman–Crippen MR) is 80.3 cm³/mol. The van der Waals surface area contributed by atoms with Crippen LogP contribution in [0.1, 0.15) is 32.8 Å². The molecule has 1 aromatic rings. The number of carboxylic acid groups (broad SMARTS) is 1. The standard InChI is InChI=1S/C16H23NO4/c1-11(2)21-14-6-4-5-13(8-14)9-15(18)17-10-12(3)7-16(19)20/h4-6,8,11-12H,7,9-10H2,1-3H3,(H,17,18)(H,19,20). The molecule has 1 aromatic carbocycles. The highest BCUT2D eigenvalue weighted by atomic mass is 16.5. The molecule has 116 valence electrons. The zero-order valence-electron chi connectivity index (χ0n) is 12.8. The van der Waals surface area contributed by atoms with Gasteiger partial charge in [0.2, 0.25) is 5.91 Å². The zero-order valence-corrected chi connectivity index (χ0v) is 12.8. The maximum Gasteiger partial charge on any atom is 0.303 e. The van der Waals surface area contributed by atoms with E-state index in [1.165, 1.54) is 0 Å². The van der Waals surface area contributed by atoms with Gasteiger partial charge in [0.25, 0.3) is 0 Å². The Balaban J connectivity index is 2.45. The molecule has 1 unspecified atom stereocenters. The summed E-state index contributed by atoms with van der Waals surface area (Å²) >= 11 is 0. The van der Waals surface area contributed by atoms with Crippen LogP contribution in [0.4, 0.5) is 0 Å². The van der Waals surface area contributed by atoms with Crippen molar-refractivity contribution < 1.29 is 19.4 Å². The van der Waals surface area contributed by atoms with Crippen LogP contribution in [0.15, 0.2) is 24.3 Å². The maximum atomic E-state index is 11.8. The van der Waals surface area contributed by atoms with E-state index < -0.39 is 5.97 Å². The predicted octanol–water partition coefficient (Wildman–Crippen LogP) is 2.24. The van der Waals surface area contributed by atoms with E-state index >= 15 is 0 Å². The van der Waals surface area contributed by atoms with Gasteiger partial charge in [0.1, 0.15) is 5.75 Å². The lowest BCUT2D eigenvalue weighted by Gasteiger charge is -2.12. The zero-order chi connectivity index (χ0) is 15.8. The number of rotatable bonds is 8. The van der Waals surface area contributed by atoms with Crippen molar-refractivity contribution in [2.75, 3.05) is 6.54 Å². The highest BCUT2D eigenvalue weighted by Gasteiger charge is 2.10. The number of benzene rings is 1. The largest absolute Gasteiger partial charge is 0.491 e. The maximum absolute atomic E-state index is 11.8. The molecule has 0 saturated carbocycles. The molecule has 21 heavy (non-hydrogen) atoms. The normalized spacial score (nSPS) is 12.0. The van der Waals surface area contributed by atoms with Crippen LogP contribution in [0, 0.1) is 5.92 Å². The number of carbonyl (C=O) groups is 2. The molecule has 0 fully saturated rings. The molecule has 0 saturated heterocycles. The van der Waals surface area contributed by atoms with Gasteiger partial charge >= 0.3 is 5.97 Å². The molecule has 5 heteroatoms. The number of ether oxygens (including phenoxy) is 1. The van der Waals surface area contributed by atoms with Crippen molar-refractivity contribution in [3.8, 4) is 5.75 Å². The second-order valence-electron chi connectivity index (χ2n) is 5.50. The molecular formula is C16H23NO4. The summed E-state index contributed by atoms with van der Waals surface area (Å²) in [4.78, 5) is 22.4. The summed E-state index contributed by atoms with van der Waals surface area (Å²) < 4.78 is 5.58. The third-order valence-electron chi connectivity index (χ3n) is 2.81. The van der Waals surface area contributed by atoms with E-state index in [9.17, 15) is 9.59 Å². The molecule has 0 aromatic heterocycles. The summed E-state index contributed by atoms with van der Waals surface area (Å²) in [7, 11) is 0. The first-order valence-electron chi connectivity index (χ1n) is 7.11. The Hall–Kier alpha value is -2.04. The van der Waals surface area contributed by atoms with Crippen molar-refractivity contribution >= 4 is 11.9 Å². The van der Waals surface area contributed by atoms with Gasteiger partial charge in [-0.3, -0.25) is 9.59 Å². The number of amides is 1. The number of aliphatic carboxylic acids is 1. The SMILES string of the molecule is CC(CNC(=O)Cc1cccc(OC(C)C)c1)CC(=O)O. The first kappa shape index (κ1) is 17.0. The van der Waals surface area contributed by atoms with Crippen molar-refractivity contribution in [3.05, 3.63) is 29.8 Å². The van der Waals surface area contributed by atoms with Gasteiger partial charge < -0.3 is 15.2 Å². The Labute approximate surface area is 125 Å². The Bertz CT molecular complexity index is 485. The van der Waals surface area contributed by atoms with E-state index in [-0.39, 0.29) is 30.8 Å². The number of hydrogen-bond acceptors (Lipinski definition) is 3. The van der Waals surface area contributed by atoms with E-state index in [0.29, 0.717) is 6.54 Å². The van der Waals surface area contributed by atoms with Crippen LogP contribution in [-0.2, 0) is 16.0 Å². The third kappa shape index (κ3) is 7.34. The molecule has 0 radical (unpaired) electrons. The highest BCUT2D eigenvalue weighted by Crippen LogP contribution is 2.15. The molecule has 0 heterocycles. The van der Waals surface area contributed by atoms with E-state index in [0.717, 1.165) is 11.3 Å². The van der Waals surface area contributed by atoms with Crippen molar-refractivity contribution in [3.63, 3.8) is 0 Å². The minimum absolute atomic E-state index is 0.0536. The van der Waals surface area contributed by atoms with Crippen LogP contribution in [-0.4, -0.2) is 29.6 Å². The van der Waals surface area contributed by atoms with Gasteiger partial charge in [-0.05, 0) is 37.5 Å². The van der Waals surface area contributed by atoms with Gasteiger partial charge in [0.05, 0.1) is 12.5 Å². The second kappa shape index (κ2) is 8.29. The van der Waals surface area contributed by atoms with Gasteiger partial charge in [-0.1, -0.05) is 19.1 Å². The third-order valence-corrected chi connectivity index (χ3v) is 2.81. The van der Waals surface area contributed by atoms with Crippen molar-refractivity contribution in [2.24, 2.45) is 5.92 Å². The summed E-state index contributed by atoms with van der Waals surface area (Å²) in [5, 5.41) is 11.4. The first-order chi connectivity index (χ1) is 9.86. The molecule has 1 rings (SSSR count). The lowest BCUT2D eigenvalue weighted by molar-refractivity contribution is -0.138. The second-order valence-corrected chi connectivity index (χ2v) is 5.50. The Morgan fingerprint density at radius 2 is 2.00 bits per heavy atom. The fourth-order valence-corrected chi connectivity index (χ4v) is 1.91. The minimum Gasteiger partial charge on any atom is -0.491 e. The number of hydrogen-bond donors (Lipinski definition) is 2. The smallest absolute Gasteiger partial charge is 0.303 e. The quantitative estimate of drug-likeness (QED) is 0.770. The minimum atomic E-state index is -0.852. The number of nitrogens with one attached hydrogen (secondary N) is 1. The summed E-state index contributed by atoms with van der Waals surface area (Å²) in [6.45, 7) is 6.06. The van der Waals surface area contributed by atoms with Gasteiger partial charge in [0, 0.05) is 13.0 Å². The summed E-state index contributed by atoms with van der Waals surface area (Å²) in [5.74, 6) is -0.305. The molecule has 0 aliphatic carbocycles. The van der Waals surface area contributed by atoms with Crippen LogP contribution in [0.25, 0.3) is 0 Å². The molecule has 1 amide bonds. The molecule has 0 aliphatic rings. The Kier molecular flexibility index (Phi) is 6.72.